The second kappa shape index (κ2) is 5.32. The molecule has 2 saturated carbocycles. The first-order valence-corrected chi connectivity index (χ1v) is 9.00. The zero-order chi connectivity index (χ0) is 17.1. The second-order valence-electron chi connectivity index (χ2n) is 7.64. The number of hydrogen-bond donors (Lipinski definition) is 1. The Balaban J connectivity index is 1.70. The number of fused-ring (bicyclic) bond motifs is 7. The fourth-order valence-corrected chi connectivity index (χ4v) is 5.72. The standard InChI is InChI=1S/C21H20FNO2/c22-16-7-2-1-4-13(16)20-18-12-9-8-11(10-12)17(18)14-5-3-6-15(21(24)25)19(14)23-20/h1-7,11-12,17-18,20,23H,8-10H2,(H,24,25)/p-1/t11-,12-,17+,18+,20+/m0/s1. The molecule has 5 atom stereocenters. The summed E-state index contributed by atoms with van der Waals surface area (Å²) in [4.78, 5) is 11.6. The van der Waals surface area contributed by atoms with Gasteiger partial charge in [0.2, 0.25) is 0 Å². The van der Waals surface area contributed by atoms with Gasteiger partial charge in [0, 0.05) is 16.8 Å². The third kappa shape index (κ3) is 2.06. The maximum Gasteiger partial charge on any atom is 0.128 e. The minimum absolute atomic E-state index is 0.181. The summed E-state index contributed by atoms with van der Waals surface area (Å²) in [5.74, 6) is 0.363. The van der Waals surface area contributed by atoms with E-state index in [0.29, 0.717) is 34.9 Å². The van der Waals surface area contributed by atoms with Crippen LogP contribution in [-0.2, 0) is 0 Å². The van der Waals surface area contributed by atoms with Gasteiger partial charge >= 0.3 is 0 Å². The van der Waals surface area contributed by atoms with Gasteiger partial charge in [0.15, 0.2) is 0 Å². The van der Waals surface area contributed by atoms with Gasteiger partial charge in [0.05, 0.1) is 12.0 Å². The quantitative estimate of drug-likeness (QED) is 0.913. The first-order valence-electron chi connectivity index (χ1n) is 9.00. The number of aromatic carboxylic acids is 1. The molecular formula is C21H19FNO2-. The van der Waals surface area contributed by atoms with Crippen molar-refractivity contribution >= 4 is 11.7 Å². The Bertz CT molecular complexity index is 865. The number of anilines is 1. The van der Waals surface area contributed by atoms with Gasteiger partial charge in [0.25, 0.3) is 0 Å². The topological polar surface area (TPSA) is 52.2 Å². The Morgan fingerprint density at radius 1 is 1.04 bits per heavy atom. The molecule has 0 unspecified atom stereocenters. The summed E-state index contributed by atoms with van der Waals surface area (Å²) < 4.78 is 14.5. The molecule has 3 nitrogen and oxygen atoms in total. The Kier molecular flexibility index (Phi) is 3.18. The fraction of sp³-hybridized carbons (Fsp3) is 0.381. The first kappa shape index (κ1) is 14.9. The van der Waals surface area contributed by atoms with Gasteiger partial charge in [-0.05, 0) is 54.6 Å². The molecule has 1 N–H and O–H groups in total. The molecule has 2 aromatic rings. The molecule has 5 rings (SSSR count). The van der Waals surface area contributed by atoms with E-state index in [2.05, 4.69) is 5.32 Å². The van der Waals surface area contributed by atoms with Crippen molar-refractivity contribution in [3.05, 3.63) is 65.0 Å². The van der Waals surface area contributed by atoms with Gasteiger partial charge in [-0.25, -0.2) is 4.39 Å². The van der Waals surface area contributed by atoms with E-state index >= 15 is 0 Å². The molecule has 0 saturated heterocycles. The third-order valence-corrected chi connectivity index (χ3v) is 6.58. The molecule has 0 amide bonds. The van der Waals surface area contributed by atoms with Crippen LogP contribution in [-0.4, -0.2) is 5.97 Å². The van der Waals surface area contributed by atoms with Crippen molar-refractivity contribution in [2.75, 3.05) is 5.32 Å². The molecule has 128 valence electrons. The van der Waals surface area contributed by atoms with Crippen LogP contribution in [0.3, 0.4) is 0 Å². The number of para-hydroxylation sites is 1. The van der Waals surface area contributed by atoms with Crippen molar-refractivity contribution < 1.29 is 14.3 Å². The van der Waals surface area contributed by atoms with Crippen LogP contribution >= 0.6 is 0 Å². The van der Waals surface area contributed by atoms with Crippen LogP contribution in [0, 0.1) is 23.6 Å². The molecule has 2 fully saturated rings. The average molecular weight is 336 g/mol. The molecule has 0 spiro atoms. The van der Waals surface area contributed by atoms with E-state index in [1.54, 1.807) is 18.2 Å². The van der Waals surface area contributed by atoms with E-state index in [1.807, 2.05) is 18.2 Å². The molecular weight excluding hydrogens is 317 g/mol. The summed E-state index contributed by atoms with van der Waals surface area (Å²) >= 11 is 0. The molecule has 0 radical (unpaired) electrons. The summed E-state index contributed by atoms with van der Waals surface area (Å²) in [6, 6.07) is 12.1. The van der Waals surface area contributed by atoms with E-state index in [-0.39, 0.29) is 17.4 Å². The number of rotatable bonds is 2. The van der Waals surface area contributed by atoms with Crippen LogP contribution < -0.4 is 10.4 Å². The highest BCUT2D eigenvalue weighted by Gasteiger charge is 2.54. The van der Waals surface area contributed by atoms with Gasteiger partial charge < -0.3 is 15.2 Å². The summed E-state index contributed by atoms with van der Waals surface area (Å²) in [5.41, 5.74) is 2.53. The highest BCUT2D eigenvalue weighted by molar-refractivity contribution is 5.94. The summed E-state index contributed by atoms with van der Waals surface area (Å²) in [6.45, 7) is 0. The number of carboxylic acid groups (broad SMARTS) is 1. The summed E-state index contributed by atoms with van der Waals surface area (Å²) in [7, 11) is 0. The normalized spacial score (nSPS) is 32.0. The first-order chi connectivity index (χ1) is 12.1. The van der Waals surface area contributed by atoms with Gasteiger partial charge in [-0.3, -0.25) is 0 Å². The lowest BCUT2D eigenvalue weighted by Gasteiger charge is -2.44. The van der Waals surface area contributed by atoms with Gasteiger partial charge in [0.1, 0.15) is 5.82 Å². The number of carbonyl (C=O) groups excluding carboxylic acids is 1. The zero-order valence-electron chi connectivity index (χ0n) is 13.7. The lowest BCUT2D eigenvalue weighted by Crippen LogP contribution is -2.37. The van der Waals surface area contributed by atoms with Gasteiger partial charge in [-0.1, -0.05) is 36.4 Å². The van der Waals surface area contributed by atoms with Gasteiger partial charge in [-0.2, -0.15) is 0 Å². The smallest absolute Gasteiger partial charge is 0.128 e. The molecule has 4 heteroatoms. The van der Waals surface area contributed by atoms with E-state index in [9.17, 15) is 14.3 Å². The number of halogens is 1. The van der Waals surface area contributed by atoms with E-state index in [0.717, 1.165) is 12.0 Å². The Labute approximate surface area is 145 Å². The second-order valence-corrected chi connectivity index (χ2v) is 7.64. The van der Waals surface area contributed by atoms with Crippen LogP contribution in [0.15, 0.2) is 42.5 Å². The van der Waals surface area contributed by atoms with Crippen LogP contribution in [0.1, 0.15) is 52.7 Å². The number of carbonyl (C=O) groups is 1. The van der Waals surface area contributed by atoms with Crippen LogP contribution in [0.4, 0.5) is 10.1 Å². The van der Waals surface area contributed by atoms with Crippen molar-refractivity contribution in [3.8, 4) is 0 Å². The third-order valence-electron chi connectivity index (χ3n) is 6.58. The number of carboxylic acids is 1. The maximum atomic E-state index is 14.5. The molecule has 1 aliphatic heterocycles. The number of hydrogen-bond acceptors (Lipinski definition) is 3. The summed E-state index contributed by atoms with van der Waals surface area (Å²) in [6.07, 6.45) is 3.54. The van der Waals surface area contributed by atoms with Crippen molar-refractivity contribution in [2.45, 2.75) is 31.2 Å². The Morgan fingerprint density at radius 2 is 1.80 bits per heavy atom. The highest BCUT2D eigenvalue weighted by atomic mass is 19.1. The Hall–Kier alpha value is -2.36. The average Bonchev–Trinajstić information content (AvgIpc) is 3.23. The van der Waals surface area contributed by atoms with Crippen molar-refractivity contribution in [3.63, 3.8) is 0 Å². The molecule has 2 bridgehead atoms. The predicted molar refractivity (Wildman–Crippen MR) is 90.6 cm³/mol. The highest BCUT2D eigenvalue weighted by Crippen LogP contribution is 2.64. The number of benzene rings is 2. The number of nitrogens with one attached hydrogen (secondary N) is 1. The maximum absolute atomic E-state index is 14.5. The molecule has 0 aromatic heterocycles. The van der Waals surface area contributed by atoms with E-state index in [4.69, 9.17) is 0 Å². The molecule has 1 heterocycles. The summed E-state index contributed by atoms with van der Waals surface area (Å²) in [5, 5.41) is 15.0. The van der Waals surface area contributed by atoms with Crippen molar-refractivity contribution in [1.82, 2.24) is 0 Å². The van der Waals surface area contributed by atoms with Crippen molar-refractivity contribution in [2.24, 2.45) is 17.8 Å². The Morgan fingerprint density at radius 3 is 2.60 bits per heavy atom. The molecule has 25 heavy (non-hydrogen) atoms. The molecule has 2 aromatic carbocycles. The van der Waals surface area contributed by atoms with E-state index in [1.165, 1.54) is 18.9 Å². The van der Waals surface area contributed by atoms with Gasteiger partial charge in [-0.15, -0.1) is 0 Å². The lowest BCUT2D eigenvalue weighted by molar-refractivity contribution is -0.254. The molecule has 2 aliphatic carbocycles. The minimum Gasteiger partial charge on any atom is -0.545 e. The molecule has 3 aliphatic rings. The van der Waals surface area contributed by atoms with Crippen LogP contribution in [0.5, 0.6) is 0 Å². The lowest BCUT2D eigenvalue weighted by atomic mass is 9.67. The predicted octanol–water partition coefficient (Wildman–Crippen LogP) is 3.49. The minimum atomic E-state index is -1.18. The SMILES string of the molecule is O=C([O-])c1cccc2c1N[C@H](c1ccccc1F)[C@@H]1[C@H]3CC[C@@H](C3)[C@H]21. The monoisotopic (exact) mass is 336 g/mol. The van der Waals surface area contributed by atoms with Crippen LogP contribution in [0.25, 0.3) is 0 Å². The largest absolute Gasteiger partial charge is 0.545 e. The van der Waals surface area contributed by atoms with Crippen molar-refractivity contribution in [1.29, 1.82) is 0 Å². The fourth-order valence-electron chi connectivity index (χ4n) is 5.72. The zero-order valence-corrected chi connectivity index (χ0v) is 13.7. The van der Waals surface area contributed by atoms with E-state index < -0.39 is 5.97 Å². The van der Waals surface area contributed by atoms with Crippen LogP contribution in [0.2, 0.25) is 0 Å².